The highest BCUT2D eigenvalue weighted by Gasteiger charge is 2.15. The van der Waals surface area contributed by atoms with Crippen molar-refractivity contribution in [2.24, 2.45) is 0 Å². The van der Waals surface area contributed by atoms with Crippen molar-refractivity contribution in [1.29, 1.82) is 0 Å². The van der Waals surface area contributed by atoms with Gasteiger partial charge in [0.15, 0.2) is 11.5 Å². The van der Waals surface area contributed by atoms with Crippen LogP contribution in [0.15, 0.2) is 18.2 Å². The van der Waals surface area contributed by atoms with Crippen LogP contribution in [-0.2, 0) is 4.74 Å². The molecule has 1 amide bonds. The van der Waals surface area contributed by atoms with Gasteiger partial charge < -0.3 is 19.5 Å². The normalized spacial score (nSPS) is 11.0. The maximum atomic E-state index is 11.6. The molecule has 0 aliphatic carbocycles. The lowest BCUT2D eigenvalue weighted by atomic mass is 10.1. The number of benzene rings is 1. The molecule has 0 aliphatic rings. The second-order valence-electron chi connectivity index (χ2n) is 7.72. The SMILES string of the molecule is CCCCCCCCOc1cc(C=O)ccc1OCCNC(=O)OC(C)(C)C. The second kappa shape index (κ2) is 13.0. The van der Waals surface area contributed by atoms with Gasteiger partial charge in [0, 0.05) is 5.56 Å². The molecular formula is C22H35NO5. The Morgan fingerprint density at radius 3 is 2.36 bits per heavy atom. The molecule has 0 heterocycles. The molecule has 6 nitrogen and oxygen atoms in total. The maximum Gasteiger partial charge on any atom is 0.407 e. The first-order valence-electron chi connectivity index (χ1n) is 10.2. The predicted octanol–water partition coefficient (Wildman–Crippen LogP) is 5.14. The number of aldehydes is 1. The summed E-state index contributed by atoms with van der Waals surface area (Å²) in [5, 5.41) is 2.64. The standard InChI is InChI=1S/C22H35NO5/c1-5-6-7-8-9-10-14-26-20-16-18(17-24)11-12-19(20)27-15-13-23-21(25)28-22(2,3)4/h11-12,16-17H,5-10,13-15H2,1-4H3,(H,23,25). The van der Waals surface area contributed by atoms with Crippen molar-refractivity contribution in [3.8, 4) is 11.5 Å². The number of carbonyl (C=O) groups is 2. The summed E-state index contributed by atoms with van der Waals surface area (Å²) in [5.41, 5.74) is 0.00448. The molecular weight excluding hydrogens is 358 g/mol. The van der Waals surface area contributed by atoms with E-state index in [1.807, 2.05) is 20.8 Å². The molecule has 0 radical (unpaired) electrons. The van der Waals surface area contributed by atoms with Crippen molar-refractivity contribution in [1.82, 2.24) is 5.32 Å². The highest BCUT2D eigenvalue weighted by Crippen LogP contribution is 2.28. The van der Waals surface area contributed by atoms with E-state index in [2.05, 4.69) is 12.2 Å². The molecule has 0 fully saturated rings. The smallest absolute Gasteiger partial charge is 0.407 e. The molecule has 6 heteroatoms. The van der Waals surface area contributed by atoms with Crippen LogP contribution in [0.5, 0.6) is 11.5 Å². The summed E-state index contributed by atoms with van der Waals surface area (Å²) < 4.78 is 16.7. The number of rotatable bonds is 13. The highest BCUT2D eigenvalue weighted by molar-refractivity contribution is 5.76. The van der Waals surface area contributed by atoms with Gasteiger partial charge in [-0.3, -0.25) is 4.79 Å². The topological polar surface area (TPSA) is 73.9 Å². The number of unbranched alkanes of at least 4 members (excludes halogenated alkanes) is 5. The molecule has 1 aromatic rings. The number of ether oxygens (including phenoxy) is 3. The first kappa shape index (κ1) is 23.8. The van der Waals surface area contributed by atoms with Crippen LogP contribution in [0.4, 0.5) is 4.79 Å². The van der Waals surface area contributed by atoms with Gasteiger partial charge >= 0.3 is 6.09 Å². The summed E-state index contributed by atoms with van der Waals surface area (Å²) in [6.45, 7) is 8.80. The van der Waals surface area contributed by atoms with Gasteiger partial charge in [0.25, 0.3) is 0 Å². The zero-order valence-corrected chi connectivity index (χ0v) is 17.7. The minimum absolute atomic E-state index is 0.271. The number of carbonyl (C=O) groups excluding carboxylic acids is 2. The first-order chi connectivity index (χ1) is 13.4. The zero-order chi connectivity index (χ0) is 20.8. The Morgan fingerprint density at radius 1 is 1.00 bits per heavy atom. The fourth-order valence-electron chi connectivity index (χ4n) is 2.52. The quantitative estimate of drug-likeness (QED) is 0.371. The zero-order valence-electron chi connectivity index (χ0n) is 17.7. The van der Waals surface area contributed by atoms with E-state index < -0.39 is 11.7 Å². The summed E-state index contributed by atoms with van der Waals surface area (Å²) in [6, 6.07) is 5.08. The molecule has 0 atom stereocenters. The van der Waals surface area contributed by atoms with Gasteiger partial charge in [-0.2, -0.15) is 0 Å². The molecule has 28 heavy (non-hydrogen) atoms. The Labute approximate surface area is 168 Å². The molecule has 0 aromatic heterocycles. The molecule has 0 bridgehead atoms. The molecule has 0 saturated heterocycles. The van der Waals surface area contributed by atoms with E-state index in [-0.39, 0.29) is 6.61 Å². The average Bonchev–Trinajstić information content (AvgIpc) is 2.63. The van der Waals surface area contributed by atoms with Gasteiger partial charge in [-0.05, 0) is 45.4 Å². The van der Waals surface area contributed by atoms with Crippen LogP contribution in [0.2, 0.25) is 0 Å². The lowest BCUT2D eigenvalue weighted by molar-refractivity contribution is 0.0520. The van der Waals surface area contributed by atoms with Crippen LogP contribution in [-0.4, -0.2) is 37.7 Å². The molecule has 0 saturated carbocycles. The summed E-state index contributed by atoms with van der Waals surface area (Å²) in [5.74, 6) is 1.11. The van der Waals surface area contributed by atoms with Crippen LogP contribution in [0.3, 0.4) is 0 Å². The van der Waals surface area contributed by atoms with Crippen LogP contribution in [0.1, 0.15) is 76.6 Å². The van der Waals surface area contributed by atoms with E-state index in [1.54, 1.807) is 18.2 Å². The molecule has 0 unspecified atom stereocenters. The maximum absolute atomic E-state index is 11.6. The average molecular weight is 394 g/mol. The Kier molecular flexibility index (Phi) is 11.1. The minimum Gasteiger partial charge on any atom is -0.490 e. The van der Waals surface area contributed by atoms with E-state index in [4.69, 9.17) is 14.2 Å². The number of hydrogen-bond acceptors (Lipinski definition) is 5. The van der Waals surface area contributed by atoms with Crippen LogP contribution in [0, 0.1) is 0 Å². The molecule has 1 aromatic carbocycles. The van der Waals surface area contributed by atoms with Gasteiger partial charge in [-0.1, -0.05) is 39.0 Å². The molecule has 0 spiro atoms. The summed E-state index contributed by atoms with van der Waals surface area (Å²) in [6.07, 6.45) is 7.38. The van der Waals surface area contributed by atoms with Crippen molar-refractivity contribution in [2.75, 3.05) is 19.8 Å². The Balaban J connectivity index is 2.43. The van der Waals surface area contributed by atoms with Gasteiger partial charge in [0.05, 0.1) is 13.2 Å². The molecule has 1 N–H and O–H groups in total. The molecule has 1 rings (SSSR count). The third-order valence-electron chi connectivity index (χ3n) is 3.89. The first-order valence-corrected chi connectivity index (χ1v) is 10.2. The van der Waals surface area contributed by atoms with Crippen molar-refractivity contribution < 1.29 is 23.8 Å². The fourth-order valence-corrected chi connectivity index (χ4v) is 2.52. The van der Waals surface area contributed by atoms with Crippen LogP contribution < -0.4 is 14.8 Å². The summed E-state index contributed by atoms with van der Waals surface area (Å²) in [7, 11) is 0. The van der Waals surface area contributed by atoms with E-state index in [0.717, 1.165) is 19.1 Å². The largest absolute Gasteiger partial charge is 0.490 e. The number of amides is 1. The van der Waals surface area contributed by atoms with Crippen molar-refractivity contribution in [3.63, 3.8) is 0 Å². The minimum atomic E-state index is -0.535. The van der Waals surface area contributed by atoms with Gasteiger partial charge in [0.2, 0.25) is 0 Å². The number of nitrogens with one attached hydrogen (secondary N) is 1. The highest BCUT2D eigenvalue weighted by atomic mass is 16.6. The second-order valence-corrected chi connectivity index (χ2v) is 7.72. The van der Waals surface area contributed by atoms with E-state index in [9.17, 15) is 9.59 Å². The third-order valence-corrected chi connectivity index (χ3v) is 3.89. The fraction of sp³-hybridized carbons (Fsp3) is 0.636. The van der Waals surface area contributed by atoms with Gasteiger partial charge in [-0.15, -0.1) is 0 Å². The molecule has 0 aliphatic heterocycles. The Hall–Kier alpha value is -2.24. The van der Waals surface area contributed by atoms with Crippen molar-refractivity contribution in [2.45, 2.75) is 71.8 Å². The van der Waals surface area contributed by atoms with E-state index in [1.165, 1.54) is 25.7 Å². The lowest BCUT2D eigenvalue weighted by Gasteiger charge is -2.19. The monoisotopic (exact) mass is 393 g/mol. The van der Waals surface area contributed by atoms with Crippen molar-refractivity contribution in [3.05, 3.63) is 23.8 Å². The lowest BCUT2D eigenvalue weighted by Crippen LogP contribution is -2.34. The Bertz CT molecular complexity index is 595. The van der Waals surface area contributed by atoms with Crippen LogP contribution in [0.25, 0.3) is 0 Å². The summed E-state index contributed by atoms with van der Waals surface area (Å²) in [4.78, 5) is 22.7. The predicted molar refractivity (Wildman–Crippen MR) is 110 cm³/mol. The van der Waals surface area contributed by atoms with Crippen LogP contribution >= 0.6 is 0 Å². The van der Waals surface area contributed by atoms with Crippen molar-refractivity contribution >= 4 is 12.4 Å². The molecule has 158 valence electrons. The number of alkyl carbamates (subject to hydrolysis) is 1. The third kappa shape index (κ3) is 10.8. The summed E-state index contributed by atoms with van der Waals surface area (Å²) >= 11 is 0. The van der Waals surface area contributed by atoms with Gasteiger partial charge in [-0.25, -0.2) is 4.79 Å². The van der Waals surface area contributed by atoms with E-state index in [0.29, 0.717) is 30.2 Å². The van der Waals surface area contributed by atoms with Gasteiger partial charge in [0.1, 0.15) is 18.5 Å². The number of hydrogen-bond donors (Lipinski definition) is 1. The Morgan fingerprint density at radius 2 is 1.68 bits per heavy atom. The van der Waals surface area contributed by atoms with E-state index >= 15 is 0 Å².